The average Bonchev–Trinajstić information content (AvgIpc) is 2.78. The van der Waals surface area contributed by atoms with E-state index in [1.165, 1.54) is 0 Å². The summed E-state index contributed by atoms with van der Waals surface area (Å²) in [4.78, 5) is 11.4. The predicted octanol–water partition coefficient (Wildman–Crippen LogP) is 1.82. The monoisotopic (exact) mass is 218 g/mol. The molecule has 3 nitrogen and oxygen atoms in total. The van der Waals surface area contributed by atoms with E-state index in [-0.39, 0.29) is 5.91 Å². The van der Waals surface area contributed by atoms with Crippen LogP contribution in [0.25, 0.3) is 0 Å². The van der Waals surface area contributed by atoms with Crippen LogP contribution in [0.3, 0.4) is 0 Å². The summed E-state index contributed by atoms with van der Waals surface area (Å²) in [6.07, 6.45) is 4.48. The normalized spacial score (nSPS) is 18.5. The Morgan fingerprint density at radius 2 is 2.12 bits per heavy atom. The van der Waals surface area contributed by atoms with Crippen LogP contribution in [0.4, 0.5) is 0 Å². The van der Waals surface area contributed by atoms with Crippen LogP contribution in [0.15, 0.2) is 30.3 Å². The second kappa shape index (κ2) is 4.66. The number of primary amides is 1. The molecular formula is C13H16NO2. The van der Waals surface area contributed by atoms with E-state index in [4.69, 9.17) is 10.5 Å². The summed E-state index contributed by atoms with van der Waals surface area (Å²) >= 11 is 0. The number of hydrogen-bond acceptors (Lipinski definition) is 2. The van der Waals surface area contributed by atoms with Gasteiger partial charge >= 0.3 is 0 Å². The van der Waals surface area contributed by atoms with Crippen molar-refractivity contribution in [3.05, 3.63) is 42.3 Å². The molecule has 1 aliphatic carbocycles. The first kappa shape index (κ1) is 11.1. The van der Waals surface area contributed by atoms with E-state index in [0.717, 1.165) is 18.4 Å². The van der Waals surface area contributed by atoms with E-state index < -0.39 is 5.60 Å². The third kappa shape index (κ3) is 2.25. The molecule has 0 bridgehead atoms. The molecule has 1 radical (unpaired) electrons. The minimum absolute atomic E-state index is 0.374. The maximum absolute atomic E-state index is 11.4. The summed E-state index contributed by atoms with van der Waals surface area (Å²) < 4.78 is 5.71. The number of amides is 1. The summed E-state index contributed by atoms with van der Waals surface area (Å²) in [5, 5.41) is 0. The van der Waals surface area contributed by atoms with Crippen molar-refractivity contribution in [3.8, 4) is 0 Å². The molecule has 85 valence electrons. The first-order valence-electron chi connectivity index (χ1n) is 5.55. The van der Waals surface area contributed by atoms with Gasteiger partial charge in [0.1, 0.15) is 5.60 Å². The van der Waals surface area contributed by atoms with Gasteiger partial charge in [-0.3, -0.25) is 4.79 Å². The van der Waals surface area contributed by atoms with Gasteiger partial charge in [-0.25, -0.2) is 0 Å². The summed E-state index contributed by atoms with van der Waals surface area (Å²) in [6, 6.07) is 9.81. The fourth-order valence-electron chi connectivity index (χ4n) is 2.01. The average molecular weight is 218 g/mol. The largest absolute Gasteiger partial charge is 0.367 e. The maximum Gasteiger partial charge on any atom is 0.249 e. The fourth-order valence-corrected chi connectivity index (χ4v) is 2.01. The van der Waals surface area contributed by atoms with Crippen LogP contribution < -0.4 is 5.73 Å². The first-order chi connectivity index (χ1) is 7.73. The zero-order valence-electron chi connectivity index (χ0n) is 9.19. The van der Waals surface area contributed by atoms with Crippen molar-refractivity contribution in [3.63, 3.8) is 0 Å². The number of carbonyl (C=O) groups excluding carboxylic acids is 1. The van der Waals surface area contributed by atoms with Crippen molar-refractivity contribution in [1.29, 1.82) is 0 Å². The molecule has 3 heteroatoms. The minimum atomic E-state index is -0.837. The molecule has 2 N–H and O–H groups in total. The van der Waals surface area contributed by atoms with E-state index in [1.807, 2.05) is 36.8 Å². The van der Waals surface area contributed by atoms with E-state index in [9.17, 15) is 4.79 Å². The molecule has 2 rings (SSSR count). The van der Waals surface area contributed by atoms with E-state index in [1.54, 1.807) is 0 Å². The molecule has 0 spiro atoms. The Balaban J connectivity index is 2.00. The quantitative estimate of drug-likeness (QED) is 0.838. The fraction of sp³-hybridized carbons (Fsp3) is 0.385. The lowest BCUT2D eigenvalue weighted by molar-refractivity contribution is -0.140. The van der Waals surface area contributed by atoms with Gasteiger partial charge in [-0.05, 0) is 24.8 Å². The van der Waals surface area contributed by atoms with Crippen LogP contribution in [0, 0.1) is 6.42 Å². The molecule has 0 saturated heterocycles. The van der Waals surface area contributed by atoms with Gasteiger partial charge in [0.05, 0.1) is 6.61 Å². The molecule has 0 aliphatic heterocycles. The molecule has 1 aromatic rings. The SMILES string of the molecule is NC(=O)[C@]1(OCc2ccccc2)[CH]CCC1. The van der Waals surface area contributed by atoms with Crippen LogP contribution in [-0.2, 0) is 16.1 Å². The summed E-state index contributed by atoms with van der Waals surface area (Å²) in [5.74, 6) is -0.374. The Kier molecular flexibility index (Phi) is 3.25. The predicted molar refractivity (Wildman–Crippen MR) is 61.3 cm³/mol. The molecule has 1 aromatic carbocycles. The zero-order chi connectivity index (χ0) is 11.4. The van der Waals surface area contributed by atoms with Crippen LogP contribution in [0.5, 0.6) is 0 Å². The summed E-state index contributed by atoms with van der Waals surface area (Å²) in [6.45, 7) is 0.431. The minimum Gasteiger partial charge on any atom is -0.367 e. The molecule has 1 saturated carbocycles. The molecule has 0 heterocycles. The zero-order valence-corrected chi connectivity index (χ0v) is 9.19. The number of benzene rings is 1. The summed E-state index contributed by atoms with van der Waals surface area (Å²) in [7, 11) is 0. The van der Waals surface area contributed by atoms with Gasteiger partial charge in [0, 0.05) is 6.42 Å². The second-order valence-electron chi connectivity index (χ2n) is 4.12. The first-order valence-corrected chi connectivity index (χ1v) is 5.55. The van der Waals surface area contributed by atoms with Gasteiger partial charge < -0.3 is 10.5 Å². The van der Waals surface area contributed by atoms with Gasteiger partial charge in [-0.15, -0.1) is 0 Å². The van der Waals surface area contributed by atoms with Gasteiger partial charge in [-0.2, -0.15) is 0 Å². The van der Waals surface area contributed by atoms with Gasteiger partial charge in [0.15, 0.2) is 0 Å². The topological polar surface area (TPSA) is 52.3 Å². The molecule has 16 heavy (non-hydrogen) atoms. The second-order valence-corrected chi connectivity index (χ2v) is 4.12. The smallest absolute Gasteiger partial charge is 0.249 e. The molecule has 1 atom stereocenters. The number of hydrogen-bond donors (Lipinski definition) is 1. The maximum atomic E-state index is 11.4. The Morgan fingerprint density at radius 3 is 2.69 bits per heavy atom. The Bertz CT molecular complexity index is 355. The number of ether oxygens (including phenoxy) is 1. The van der Waals surface area contributed by atoms with Crippen molar-refractivity contribution in [2.24, 2.45) is 5.73 Å². The van der Waals surface area contributed by atoms with Gasteiger partial charge in [0.2, 0.25) is 5.91 Å². The van der Waals surface area contributed by atoms with Crippen LogP contribution in [0.2, 0.25) is 0 Å². The highest BCUT2D eigenvalue weighted by atomic mass is 16.5. The highest BCUT2D eigenvalue weighted by Crippen LogP contribution is 2.32. The number of carbonyl (C=O) groups is 1. The third-order valence-electron chi connectivity index (χ3n) is 2.98. The molecule has 0 unspecified atom stereocenters. The van der Waals surface area contributed by atoms with Crippen LogP contribution >= 0.6 is 0 Å². The molecule has 1 amide bonds. The van der Waals surface area contributed by atoms with Crippen molar-refractivity contribution < 1.29 is 9.53 Å². The third-order valence-corrected chi connectivity index (χ3v) is 2.98. The molecular weight excluding hydrogens is 202 g/mol. The van der Waals surface area contributed by atoms with Crippen molar-refractivity contribution >= 4 is 5.91 Å². The molecule has 1 aliphatic rings. The lowest BCUT2D eigenvalue weighted by Gasteiger charge is -2.25. The van der Waals surface area contributed by atoms with Crippen molar-refractivity contribution in [2.75, 3.05) is 0 Å². The van der Waals surface area contributed by atoms with E-state index in [2.05, 4.69) is 0 Å². The Hall–Kier alpha value is -1.35. The Morgan fingerprint density at radius 1 is 1.38 bits per heavy atom. The van der Waals surface area contributed by atoms with E-state index in [0.29, 0.717) is 13.0 Å². The van der Waals surface area contributed by atoms with Crippen LogP contribution in [-0.4, -0.2) is 11.5 Å². The van der Waals surface area contributed by atoms with Crippen LogP contribution in [0.1, 0.15) is 24.8 Å². The highest BCUT2D eigenvalue weighted by molar-refractivity contribution is 5.85. The summed E-state index contributed by atoms with van der Waals surface area (Å²) in [5.41, 5.74) is 5.62. The number of rotatable bonds is 4. The molecule has 0 aromatic heterocycles. The standard InChI is InChI=1S/C13H16NO2/c14-12(15)13(8-4-5-9-13)16-10-11-6-2-1-3-7-11/h1-3,6-8H,4-5,9-10H2,(H2,14,15)/t13-/m0/s1. The van der Waals surface area contributed by atoms with Crippen molar-refractivity contribution in [2.45, 2.75) is 31.5 Å². The van der Waals surface area contributed by atoms with Crippen molar-refractivity contribution in [1.82, 2.24) is 0 Å². The van der Waals surface area contributed by atoms with E-state index >= 15 is 0 Å². The molecule has 1 fully saturated rings. The Labute approximate surface area is 95.6 Å². The lowest BCUT2D eigenvalue weighted by Crippen LogP contribution is -2.44. The highest BCUT2D eigenvalue weighted by Gasteiger charge is 2.40. The number of nitrogens with two attached hydrogens (primary N) is 1. The van der Waals surface area contributed by atoms with Gasteiger partial charge in [-0.1, -0.05) is 30.3 Å². The van der Waals surface area contributed by atoms with Gasteiger partial charge in [0.25, 0.3) is 0 Å². The lowest BCUT2D eigenvalue weighted by atomic mass is 10.0.